The fourth-order valence-electron chi connectivity index (χ4n) is 1.76. The van der Waals surface area contributed by atoms with Crippen LogP contribution in [-0.2, 0) is 20.9 Å². The number of hydrogen-bond acceptors (Lipinski definition) is 7. The summed E-state index contributed by atoms with van der Waals surface area (Å²) in [5.74, 6) is -0.625. The quantitative estimate of drug-likeness (QED) is 0.735. The molecule has 2 heterocycles. The van der Waals surface area contributed by atoms with E-state index in [-0.39, 0.29) is 23.7 Å². The molecule has 0 unspecified atom stereocenters. The van der Waals surface area contributed by atoms with Crippen molar-refractivity contribution in [3.63, 3.8) is 0 Å². The second kappa shape index (κ2) is 6.62. The summed E-state index contributed by atoms with van der Waals surface area (Å²) in [5, 5.41) is 14.1. The molecule has 1 aromatic rings. The number of nitrogens with zero attached hydrogens (tertiary/aromatic N) is 4. The van der Waals surface area contributed by atoms with Gasteiger partial charge in [-0.05, 0) is 23.3 Å². The van der Waals surface area contributed by atoms with E-state index in [1.165, 1.54) is 18.7 Å². The molecule has 1 fully saturated rings. The Morgan fingerprint density at radius 3 is 3.11 bits per heavy atom. The van der Waals surface area contributed by atoms with Crippen molar-refractivity contribution in [3.05, 3.63) is 0 Å². The van der Waals surface area contributed by atoms with Crippen LogP contribution in [0.1, 0.15) is 19.8 Å². The Labute approximate surface area is 114 Å². The summed E-state index contributed by atoms with van der Waals surface area (Å²) in [6.07, 6.45) is 2.18. The van der Waals surface area contributed by atoms with Gasteiger partial charge in [-0.3, -0.25) is 14.9 Å². The lowest BCUT2D eigenvalue weighted by Crippen LogP contribution is -2.29. The summed E-state index contributed by atoms with van der Waals surface area (Å²) in [6.45, 7) is 2.66. The highest BCUT2D eigenvalue weighted by atomic mass is 32.2. The molecule has 2 amide bonds. The molecule has 0 radical (unpaired) electrons. The lowest BCUT2D eigenvalue weighted by molar-refractivity contribution is -0.127. The summed E-state index contributed by atoms with van der Waals surface area (Å²) in [7, 11) is 0. The smallest absolute Gasteiger partial charge is 0.237 e. The molecule has 2 rings (SSSR count). The number of thioether (sulfide) groups is 1. The molecule has 1 aliphatic heterocycles. The summed E-state index contributed by atoms with van der Waals surface area (Å²) in [5.41, 5.74) is 0. The third-order valence-corrected chi connectivity index (χ3v) is 3.50. The van der Waals surface area contributed by atoms with Crippen LogP contribution in [0, 0.1) is 0 Å². The van der Waals surface area contributed by atoms with E-state index in [2.05, 4.69) is 20.8 Å². The molecule has 19 heavy (non-hydrogen) atoms. The Balaban J connectivity index is 1.84. The number of aromatic nitrogens is 4. The van der Waals surface area contributed by atoms with Crippen molar-refractivity contribution in [2.24, 2.45) is 0 Å². The highest BCUT2D eigenvalue weighted by Crippen LogP contribution is 2.18. The van der Waals surface area contributed by atoms with E-state index in [0.29, 0.717) is 11.7 Å². The van der Waals surface area contributed by atoms with E-state index in [1.54, 1.807) is 4.68 Å². The van der Waals surface area contributed by atoms with Gasteiger partial charge in [0.1, 0.15) is 0 Å². The molecule has 0 aromatic carbocycles. The Morgan fingerprint density at radius 1 is 1.58 bits per heavy atom. The third kappa shape index (κ3) is 4.28. The van der Waals surface area contributed by atoms with Crippen molar-refractivity contribution in [2.45, 2.75) is 37.6 Å². The van der Waals surface area contributed by atoms with E-state index >= 15 is 0 Å². The first-order valence-corrected chi connectivity index (χ1v) is 6.94. The summed E-state index contributed by atoms with van der Waals surface area (Å²) in [6, 6.07) is 0. The first-order chi connectivity index (χ1) is 9.15. The largest absolute Gasteiger partial charge is 0.376 e. The molecule has 1 atom stereocenters. The SMILES string of the molecule is CC(=O)NC(=O)CSc1nnnn1C[C@H]1CCCO1. The van der Waals surface area contributed by atoms with Crippen LogP contribution in [-0.4, -0.2) is 50.5 Å². The molecule has 9 heteroatoms. The van der Waals surface area contributed by atoms with E-state index in [0.717, 1.165) is 19.4 Å². The second-order valence-electron chi connectivity index (χ2n) is 4.17. The maximum atomic E-state index is 11.3. The zero-order chi connectivity index (χ0) is 13.7. The molecule has 8 nitrogen and oxygen atoms in total. The van der Waals surface area contributed by atoms with Gasteiger partial charge in [-0.1, -0.05) is 11.8 Å². The Bertz CT molecular complexity index is 458. The maximum Gasteiger partial charge on any atom is 0.237 e. The lowest BCUT2D eigenvalue weighted by Gasteiger charge is -2.09. The van der Waals surface area contributed by atoms with Crippen LogP contribution in [0.5, 0.6) is 0 Å². The average Bonchev–Trinajstić information content (AvgIpc) is 2.98. The van der Waals surface area contributed by atoms with Crippen molar-refractivity contribution in [2.75, 3.05) is 12.4 Å². The number of ether oxygens (including phenoxy) is 1. The lowest BCUT2D eigenvalue weighted by atomic mass is 10.2. The predicted octanol–water partition coefficient (Wildman–Crippen LogP) is -0.393. The Morgan fingerprint density at radius 2 is 2.42 bits per heavy atom. The number of imide groups is 1. The van der Waals surface area contributed by atoms with Gasteiger partial charge >= 0.3 is 0 Å². The molecule has 0 bridgehead atoms. The first kappa shape index (κ1) is 13.9. The number of tetrazole rings is 1. The molecular weight excluding hydrogens is 270 g/mol. The summed E-state index contributed by atoms with van der Waals surface area (Å²) < 4.78 is 7.14. The van der Waals surface area contributed by atoms with Gasteiger partial charge in [0.25, 0.3) is 0 Å². The summed E-state index contributed by atoms with van der Waals surface area (Å²) in [4.78, 5) is 22.1. The van der Waals surface area contributed by atoms with E-state index in [4.69, 9.17) is 4.74 Å². The highest BCUT2D eigenvalue weighted by Gasteiger charge is 2.19. The minimum atomic E-state index is -0.371. The van der Waals surface area contributed by atoms with Crippen LogP contribution >= 0.6 is 11.8 Å². The van der Waals surface area contributed by atoms with Crippen molar-refractivity contribution < 1.29 is 14.3 Å². The number of amides is 2. The fraction of sp³-hybridized carbons (Fsp3) is 0.700. The van der Waals surface area contributed by atoms with Crippen molar-refractivity contribution in [1.82, 2.24) is 25.5 Å². The van der Waals surface area contributed by atoms with E-state index in [9.17, 15) is 9.59 Å². The number of carbonyl (C=O) groups is 2. The molecule has 104 valence electrons. The minimum absolute atomic E-state index is 0.103. The molecule has 0 saturated carbocycles. The van der Waals surface area contributed by atoms with Crippen LogP contribution in [0.15, 0.2) is 5.16 Å². The second-order valence-corrected chi connectivity index (χ2v) is 5.11. The summed E-state index contributed by atoms with van der Waals surface area (Å²) >= 11 is 1.19. The number of carbonyl (C=O) groups excluding carboxylic acids is 2. The minimum Gasteiger partial charge on any atom is -0.376 e. The topological polar surface area (TPSA) is 99.0 Å². The van der Waals surface area contributed by atoms with Crippen LogP contribution in [0.3, 0.4) is 0 Å². The normalized spacial score (nSPS) is 18.5. The van der Waals surface area contributed by atoms with Crippen LogP contribution < -0.4 is 5.32 Å². The standard InChI is InChI=1S/C10H15N5O3S/c1-7(16)11-9(17)6-19-10-12-13-14-15(10)5-8-3-2-4-18-8/h8H,2-6H2,1H3,(H,11,16,17)/t8-/m1/s1. The van der Waals surface area contributed by atoms with Gasteiger partial charge in [-0.2, -0.15) is 0 Å². The van der Waals surface area contributed by atoms with Crippen LogP contribution in [0.2, 0.25) is 0 Å². The monoisotopic (exact) mass is 285 g/mol. The Kier molecular flexibility index (Phi) is 4.86. The number of nitrogens with one attached hydrogen (secondary N) is 1. The average molecular weight is 285 g/mol. The van der Waals surface area contributed by atoms with Gasteiger partial charge in [-0.25, -0.2) is 4.68 Å². The molecule has 0 aliphatic carbocycles. The van der Waals surface area contributed by atoms with Gasteiger partial charge in [0.15, 0.2) is 0 Å². The van der Waals surface area contributed by atoms with Crippen molar-refractivity contribution in [3.8, 4) is 0 Å². The Hall–Kier alpha value is -1.48. The third-order valence-electron chi connectivity index (χ3n) is 2.55. The van der Waals surface area contributed by atoms with Crippen LogP contribution in [0.4, 0.5) is 0 Å². The van der Waals surface area contributed by atoms with Crippen molar-refractivity contribution >= 4 is 23.6 Å². The first-order valence-electron chi connectivity index (χ1n) is 5.96. The maximum absolute atomic E-state index is 11.3. The van der Waals surface area contributed by atoms with Gasteiger partial charge < -0.3 is 4.74 Å². The molecule has 1 aromatic heterocycles. The number of hydrogen-bond donors (Lipinski definition) is 1. The van der Waals surface area contributed by atoms with E-state index in [1.807, 2.05) is 0 Å². The van der Waals surface area contributed by atoms with Crippen LogP contribution in [0.25, 0.3) is 0 Å². The van der Waals surface area contributed by atoms with Gasteiger partial charge in [-0.15, -0.1) is 5.10 Å². The van der Waals surface area contributed by atoms with Gasteiger partial charge in [0.05, 0.1) is 18.4 Å². The van der Waals surface area contributed by atoms with E-state index < -0.39 is 0 Å². The van der Waals surface area contributed by atoms with Gasteiger partial charge in [0, 0.05) is 13.5 Å². The predicted molar refractivity (Wildman–Crippen MR) is 66.3 cm³/mol. The molecule has 1 N–H and O–H groups in total. The van der Waals surface area contributed by atoms with Gasteiger partial charge in [0.2, 0.25) is 17.0 Å². The zero-order valence-electron chi connectivity index (χ0n) is 10.5. The zero-order valence-corrected chi connectivity index (χ0v) is 11.4. The molecular formula is C10H15N5O3S. The number of rotatable bonds is 5. The van der Waals surface area contributed by atoms with Crippen molar-refractivity contribution in [1.29, 1.82) is 0 Å². The highest BCUT2D eigenvalue weighted by molar-refractivity contribution is 7.99. The fourth-order valence-corrected chi connectivity index (χ4v) is 2.44. The molecule has 1 saturated heterocycles. The molecule has 0 spiro atoms. The molecule has 1 aliphatic rings.